The highest BCUT2D eigenvalue weighted by Gasteiger charge is 2.11. The van der Waals surface area contributed by atoms with Crippen LogP contribution in [0.15, 0.2) is 23.3 Å². The fourth-order valence-electron chi connectivity index (χ4n) is 0.886. The molecular weight excluding hydrogens is 172 g/mol. The van der Waals surface area contributed by atoms with Crippen molar-refractivity contribution in [1.29, 1.82) is 0 Å². The van der Waals surface area contributed by atoms with E-state index in [1.54, 1.807) is 0 Å². The fourth-order valence-corrected chi connectivity index (χ4v) is 0.886. The Morgan fingerprint density at radius 1 is 1.69 bits per heavy atom. The summed E-state index contributed by atoms with van der Waals surface area (Å²) in [7, 11) is 0. The van der Waals surface area contributed by atoms with E-state index in [2.05, 4.69) is 0 Å². The predicted molar refractivity (Wildman–Crippen MR) is 47.5 cm³/mol. The third-order valence-electron chi connectivity index (χ3n) is 1.78. The van der Waals surface area contributed by atoms with Gasteiger partial charge in [-0.3, -0.25) is 4.79 Å². The van der Waals surface area contributed by atoms with E-state index in [9.17, 15) is 9.59 Å². The summed E-state index contributed by atoms with van der Waals surface area (Å²) in [6.07, 6.45) is 2.72. The van der Waals surface area contributed by atoms with Crippen molar-refractivity contribution in [2.75, 3.05) is 5.73 Å². The second-order valence-corrected chi connectivity index (χ2v) is 2.73. The Kier molecular flexibility index (Phi) is 2.36. The van der Waals surface area contributed by atoms with Gasteiger partial charge in [-0.25, -0.2) is 4.79 Å². The molecule has 3 N–H and O–H groups in total. The molecular formula is C8H10N2O3. The molecule has 1 aromatic heterocycles. The molecule has 1 atom stereocenters. The van der Waals surface area contributed by atoms with Crippen LogP contribution in [0, 0.1) is 0 Å². The van der Waals surface area contributed by atoms with E-state index < -0.39 is 12.0 Å². The molecule has 1 heterocycles. The van der Waals surface area contributed by atoms with Crippen LogP contribution in [-0.2, 0) is 4.79 Å². The number of hydrogen-bond donors (Lipinski definition) is 2. The number of rotatable bonds is 2. The second kappa shape index (κ2) is 3.30. The smallest absolute Gasteiger partial charge is 0.326 e. The number of nitrogens with two attached hydrogens (primary N) is 1. The molecule has 0 aromatic carbocycles. The molecule has 13 heavy (non-hydrogen) atoms. The van der Waals surface area contributed by atoms with Crippen LogP contribution < -0.4 is 11.2 Å². The molecule has 0 saturated heterocycles. The van der Waals surface area contributed by atoms with Crippen LogP contribution in [-0.4, -0.2) is 15.6 Å². The number of aliphatic carboxylic acids is 1. The van der Waals surface area contributed by atoms with Gasteiger partial charge in [-0.2, -0.15) is 0 Å². The van der Waals surface area contributed by atoms with E-state index >= 15 is 0 Å². The Morgan fingerprint density at radius 2 is 2.31 bits per heavy atom. The first-order valence-electron chi connectivity index (χ1n) is 3.72. The molecule has 5 heteroatoms. The number of hydrogen-bond acceptors (Lipinski definition) is 3. The normalized spacial score (nSPS) is 12.4. The van der Waals surface area contributed by atoms with Gasteiger partial charge in [-0.15, -0.1) is 0 Å². The molecule has 0 bridgehead atoms. The van der Waals surface area contributed by atoms with Gasteiger partial charge in [0, 0.05) is 18.5 Å². The highest BCUT2D eigenvalue weighted by atomic mass is 16.4. The molecule has 0 fully saturated rings. The Hall–Kier alpha value is -1.78. The summed E-state index contributed by atoms with van der Waals surface area (Å²) < 4.78 is 1.37. The van der Waals surface area contributed by atoms with E-state index in [4.69, 9.17) is 10.8 Å². The zero-order valence-corrected chi connectivity index (χ0v) is 7.10. The van der Waals surface area contributed by atoms with Crippen molar-refractivity contribution < 1.29 is 9.90 Å². The number of carboxylic acids is 1. The fraction of sp³-hybridized carbons (Fsp3) is 0.250. The number of carboxylic acid groups (broad SMARTS) is 1. The van der Waals surface area contributed by atoms with Crippen molar-refractivity contribution >= 4 is 11.7 Å². The number of pyridine rings is 1. The lowest BCUT2D eigenvalue weighted by Gasteiger charge is -2.10. The summed E-state index contributed by atoms with van der Waals surface area (Å²) in [5, 5.41) is 8.66. The van der Waals surface area contributed by atoms with Gasteiger partial charge in [0.25, 0.3) is 0 Å². The summed E-state index contributed by atoms with van der Waals surface area (Å²) in [5.74, 6) is -0.969. The molecule has 0 amide bonds. The van der Waals surface area contributed by atoms with Crippen LogP contribution in [0.1, 0.15) is 13.0 Å². The Morgan fingerprint density at radius 3 is 2.77 bits per heavy atom. The Balaban J connectivity index is 3.11. The van der Waals surface area contributed by atoms with Crippen LogP contribution in [0.25, 0.3) is 0 Å². The van der Waals surface area contributed by atoms with Gasteiger partial charge in [-0.1, -0.05) is 0 Å². The van der Waals surface area contributed by atoms with Crippen LogP contribution in [0.3, 0.4) is 0 Å². The molecule has 0 saturated carbocycles. The summed E-state index contributed by atoms with van der Waals surface area (Å²) in [6.45, 7) is 1.51. The molecule has 0 radical (unpaired) electrons. The molecule has 0 spiro atoms. The van der Waals surface area contributed by atoms with Crippen LogP contribution in [0.2, 0.25) is 0 Å². The number of aromatic nitrogens is 1. The van der Waals surface area contributed by atoms with Crippen molar-refractivity contribution in [3.05, 3.63) is 28.7 Å². The lowest BCUT2D eigenvalue weighted by Crippen LogP contribution is -2.18. The topological polar surface area (TPSA) is 85.3 Å². The van der Waals surface area contributed by atoms with E-state index in [0.29, 0.717) is 0 Å². The molecule has 0 aliphatic rings. The molecule has 1 aromatic rings. The number of carbonyl (C=O) groups is 1. The Bertz CT molecular complexity index is 383. The van der Waals surface area contributed by atoms with Gasteiger partial charge in [0.2, 0.25) is 5.43 Å². The van der Waals surface area contributed by atoms with Crippen molar-refractivity contribution in [2.45, 2.75) is 13.0 Å². The van der Waals surface area contributed by atoms with Crippen molar-refractivity contribution in [3.63, 3.8) is 0 Å². The first-order valence-corrected chi connectivity index (χ1v) is 3.72. The zero-order chi connectivity index (χ0) is 10.0. The lowest BCUT2D eigenvalue weighted by molar-refractivity contribution is -0.140. The highest BCUT2D eigenvalue weighted by Crippen LogP contribution is 2.05. The average molecular weight is 182 g/mol. The van der Waals surface area contributed by atoms with Crippen LogP contribution in [0.4, 0.5) is 5.69 Å². The average Bonchev–Trinajstić information content (AvgIpc) is 2.08. The summed E-state index contributed by atoms with van der Waals surface area (Å²) >= 11 is 0. The minimum absolute atomic E-state index is 0.0515. The molecule has 0 aliphatic heterocycles. The summed E-state index contributed by atoms with van der Waals surface area (Å²) in [6, 6.07) is 0.525. The summed E-state index contributed by atoms with van der Waals surface area (Å²) in [5.41, 5.74) is 5.09. The van der Waals surface area contributed by atoms with Gasteiger partial charge in [-0.05, 0) is 6.92 Å². The van der Waals surface area contributed by atoms with Gasteiger partial charge in [0.05, 0.1) is 5.69 Å². The maximum Gasteiger partial charge on any atom is 0.326 e. The predicted octanol–water partition coefficient (Wildman–Crippen LogP) is 0.0761. The maximum absolute atomic E-state index is 10.9. The quantitative estimate of drug-likeness (QED) is 0.678. The maximum atomic E-state index is 10.9. The van der Waals surface area contributed by atoms with Gasteiger partial charge in [0.1, 0.15) is 6.04 Å². The largest absolute Gasteiger partial charge is 0.480 e. The molecule has 0 aliphatic carbocycles. The molecule has 1 rings (SSSR count). The third kappa shape index (κ3) is 1.87. The van der Waals surface area contributed by atoms with Crippen molar-refractivity contribution in [2.24, 2.45) is 0 Å². The minimum Gasteiger partial charge on any atom is -0.480 e. The van der Waals surface area contributed by atoms with E-state index in [1.807, 2.05) is 0 Å². The van der Waals surface area contributed by atoms with Crippen molar-refractivity contribution in [3.8, 4) is 0 Å². The van der Waals surface area contributed by atoms with Crippen LogP contribution in [0.5, 0.6) is 0 Å². The van der Waals surface area contributed by atoms with Crippen molar-refractivity contribution in [1.82, 2.24) is 4.57 Å². The minimum atomic E-state index is -0.969. The highest BCUT2D eigenvalue weighted by molar-refractivity contribution is 5.71. The first kappa shape index (κ1) is 9.31. The number of nitrogens with zero attached hydrogens (tertiary/aromatic N) is 1. The summed E-state index contributed by atoms with van der Waals surface area (Å²) in [4.78, 5) is 21.4. The van der Waals surface area contributed by atoms with E-state index in [1.165, 1.54) is 30.0 Å². The molecule has 1 unspecified atom stereocenters. The number of anilines is 1. The zero-order valence-electron chi connectivity index (χ0n) is 7.10. The van der Waals surface area contributed by atoms with Gasteiger partial charge < -0.3 is 15.4 Å². The SMILES string of the molecule is CC(C(=O)O)n1ccc(=O)c(N)c1. The van der Waals surface area contributed by atoms with E-state index in [0.717, 1.165) is 0 Å². The standard InChI is InChI=1S/C8H10N2O3/c1-5(8(12)13)10-3-2-7(11)6(9)4-10/h2-5H,9H2,1H3,(H,12,13). The number of nitrogen functional groups attached to an aromatic ring is 1. The molecule has 5 nitrogen and oxygen atoms in total. The second-order valence-electron chi connectivity index (χ2n) is 2.73. The molecule has 70 valence electrons. The van der Waals surface area contributed by atoms with E-state index in [-0.39, 0.29) is 11.1 Å². The lowest BCUT2D eigenvalue weighted by atomic mass is 10.3. The third-order valence-corrected chi connectivity index (χ3v) is 1.78. The monoisotopic (exact) mass is 182 g/mol. The first-order chi connectivity index (χ1) is 6.02. The van der Waals surface area contributed by atoms with Gasteiger partial charge in [0.15, 0.2) is 0 Å². The Labute approximate surface area is 74.4 Å². The van der Waals surface area contributed by atoms with Crippen LogP contribution >= 0.6 is 0 Å². The van der Waals surface area contributed by atoms with Gasteiger partial charge >= 0.3 is 5.97 Å².